The number of aryl methyl sites for hydroxylation is 1. The van der Waals surface area contributed by atoms with Crippen LogP contribution in [-0.2, 0) is 5.75 Å². The lowest BCUT2D eigenvalue weighted by Gasteiger charge is -2.12. The van der Waals surface area contributed by atoms with Gasteiger partial charge in [0.05, 0.1) is 22.3 Å². The lowest BCUT2D eigenvalue weighted by molar-refractivity contribution is 0.540. The first-order valence-electron chi connectivity index (χ1n) is 9.92. The second-order valence-electron chi connectivity index (χ2n) is 7.06. The van der Waals surface area contributed by atoms with Crippen LogP contribution in [-0.4, -0.2) is 14.5 Å². The highest BCUT2D eigenvalue weighted by Crippen LogP contribution is 2.28. The zero-order valence-electron chi connectivity index (χ0n) is 16.9. The Balaban J connectivity index is 1.54. The van der Waals surface area contributed by atoms with Crippen molar-refractivity contribution in [2.45, 2.75) is 17.8 Å². The van der Waals surface area contributed by atoms with Crippen molar-refractivity contribution in [1.29, 1.82) is 0 Å². The van der Waals surface area contributed by atoms with E-state index < -0.39 is 0 Å². The Bertz CT molecular complexity index is 1410. The second kappa shape index (κ2) is 8.24. The van der Waals surface area contributed by atoms with Crippen LogP contribution in [0.25, 0.3) is 28.0 Å². The summed E-state index contributed by atoms with van der Waals surface area (Å²) < 4.78 is 7.55. The number of aromatic nitrogens is 3. The largest absolute Gasteiger partial charge is 0.441 e. The maximum atomic E-state index is 13.3. The Morgan fingerprint density at radius 2 is 1.55 bits per heavy atom. The van der Waals surface area contributed by atoms with Gasteiger partial charge in [0, 0.05) is 11.3 Å². The second-order valence-corrected chi connectivity index (χ2v) is 8.01. The fourth-order valence-corrected chi connectivity index (χ4v) is 4.43. The zero-order chi connectivity index (χ0) is 21.2. The van der Waals surface area contributed by atoms with Crippen molar-refractivity contribution >= 4 is 22.7 Å². The molecule has 0 aliphatic carbocycles. The molecule has 0 bridgehead atoms. The van der Waals surface area contributed by atoms with Gasteiger partial charge in [0.2, 0.25) is 5.89 Å². The van der Waals surface area contributed by atoms with E-state index in [0.717, 1.165) is 22.7 Å². The smallest absolute Gasteiger partial charge is 0.266 e. The number of hydrogen-bond donors (Lipinski definition) is 0. The van der Waals surface area contributed by atoms with Crippen molar-refractivity contribution in [2.24, 2.45) is 0 Å². The summed E-state index contributed by atoms with van der Waals surface area (Å²) in [6.07, 6.45) is 0. The van der Waals surface area contributed by atoms with Crippen LogP contribution in [0.1, 0.15) is 11.5 Å². The SMILES string of the molecule is Cc1oc(-c2ccccc2)nc1CSc1nc2ccccc2c(=O)n1-c1ccccc1. The van der Waals surface area contributed by atoms with Crippen LogP contribution in [0.4, 0.5) is 0 Å². The number of thioether (sulfide) groups is 1. The van der Waals surface area contributed by atoms with E-state index in [0.29, 0.717) is 27.7 Å². The van der Waals surface area contributed by atoms with Crippen LogP contribution in [0.3, 0.4) is 0 Å². The highest BCUT2D eigenvalue weighted by molar-refractivity contribution is 7.98. The molecule has 0 amide bonds. The quantitative estimate of drug-likeness (QED) is 0.269. The number of benzene rings is 3. The molecular formula is C25H19N3O2S. The number of fused-ring (bicyclic) bond motifs is 1. The third-order valence-corrected chi connectivity index (χ3v) is 5.96. The highest BCUT2D eigenvalue weighted by Gasteiger charge is 2.16. The van der Waals surface area contributed by atoms with E-state index in [-0.39, 0.29) is 5.56 Å². The van der Waals surface area contributed by atoms with Crippen LogP contribution in [0.2, 0.25) is 0 Å². The molecule has 0 aliphatic heterocycles. The summed E-state index contributed by atoms with van der Waals surface area (Å²) in [5.74, 6) is 1.90. The standard InChI is InChI=1S/C25H19N3O2S/c1-17-22(26-23(30-17)18-10-4-2-5-11-18)16-31-25-27-21-15-9-8-14-20(21)24(29)28(25)19-12-6-3-7-13-19/h2-15H,16H2,1H3. The van der Waals surface area contributed by atoms with Gasteiger partial charge in [0.15, 0.2) is 5.16 Å². The van der Waals surface area contributed by atoms with E-state index in [4.69, 9.17) is 9.40 Å². The van der Waals surface area contributed by atoms with Gasteiger partial charge in [-0.1, -0.05) is 60.3 Å². The molecule has 3 aromatic carbocycles. The molecule has 0 saturated carbocycles. The summed E-state index contributed by atoms with van der Waals surface area (Å²) in [4.78, 5) is 22.8. The first-order chi connectivity index (χ1) is 15.2. The van der Waals surface area contributed by atoms with Crippen molar-refractivity contribution in [1.82, 2.24) is 14.5 Å². The van der Waals surface area contributed by atoms with Crippen molar-refractivity contribution in [3.63, 3.8) is 0 Å². The molecule has 152 valence electrons. The minimum absolute atomic E-state index is 0.0823. The lowest BCUT2D eigenvalue weighted by atomic mass is 10.2. The fourth-order valence-electron chi connectivity index (χ4n) is 3.41. The summed E-state index contributed by atoms with van der Waals surface area (Å²) in [6.45, 7) is 1.91. The monoisotopic (exact) mass is 425 g/mol. The van der Waals surface area contributed by atoms with Gasteiger partial charge in [0.1, 0.15) is 5.76 Å². The van der Waals surface area contributed by atoms with E-state index in [2.05, 4.69) is 4.98 Å². The zero-order valence-corrected chi connectivity index (χ0v) is 17.7. The van der Waals surface area contributed by atoms with E-state index in [1.807, 2.05) is 91.9 Å². The summed E-state index contributed by atoms with van der Waals surface area (Å²) >= 11 is 1.48. The van der Waals surface area contributed by atoms with Crippen molar-refractivity contribution < 1.29 is 4.42 Å². The molecular weight excluding hydrogens is 406 g/mol. The van der Waals surface area contributed by atoms with Crippen LogP contribution >= 0.6 is 11.8 Å². The van der Waals surface area contributed by atoms with Crippen LogP contribution in [0.5, 0.6) is 0 Å². The maximum Gasteiger partial charge on any atom is 0.266 e. The Morgan fingerprint density at radius 3 is 2.32 bits per heavy atom. The van der Waals surface area contributed by atoms with Gasteiger partial charge in [-0.25, -0.2) is 9.97 Å². The lowest BCUT2D eigenvalue weighted by Crippen LogP contribution is -2.21. The molecule has 31 heavy (non-hydrogen) atoms. The normalized spacial score (nSPS) is 11.1. The average molecular weight is 426 g/mol. The van der Waals surface area contributed by atoms with Gasteiger partial charge in [0.25, 0.3) is 5.56 Å². The fraction of sp³-hybridized carbons (Fsp3) is 0.0800. The molecule has 0 fully saturated rings. The van der Waals surface area contributed by atoms with Gasteiger partial charge in [-0.05, 0) is 43.3 Å². The van der Waals surface area contributed by atoms with Crippen LogP contribution in [0.15, 0.2) is 99.3 Å². The van der Waals surface area contributed by atoms with Gasteiger partial charge < -0.3 is 4.42 Å². The van der Waals surface area contributed by atoms with Crippen LogP contribution < -0.4 is 5.56 Å². The first kappa shape index (κ1) is 19.3. The molecule has 2 heterocycles. The van der Waals surface area contributed by atoms with Crippen molar-refractivity contribution in [2.75, 3.05) is 0 Å². The number of rotatable bonds is 5. The van der Waals surface area contributed by atoms with Gasteiger partial charge in [-0.15, -0.1) is 0 Å². The van der Waals surface area contributed by atoms with Gasteiger partial charge >= 0.3 is 0 Å². The third kappa shape index (κ3) is 3.78. The Labute approximate surface area is 183 Å². The van der Waals surface area contributed by atoms with Crippen molar-refractivity contribution in [3.8, 4) is 17.1 Å². The molecule has 5 rings (SSSR count). The van der Waals surface area contributed by atoms with Crippen molar-refractivity contribution in [3.05, 3.63) is 107 Å². The van der Waals surface area contributed by atoms with E-state index in [1.165, 1.54) is 11.8 Å². The average Bonchev–Trinajstić information content (AvgIpc) is 3.19. The Kier molecular flexibility index (Phi) is 5.14. The molecule has 0 spiro atoms. The number of hydrogen-bond acceptors (Lipinski definition) is 5. The van der Waals surface area contributed by atoms with Gasteiger partial charge in [-0.3, -0.25) is 9.36 Å². The maximum absolute atomic E-state index is 13.3. The first-order valence-corrected chi connectivity index (χ1v) is 10.9. The third-order valence-electron chi connectivity index (χ3n) is 5.01. The minimum Gasteiger partial charge on any atom is -0.441 e. The predicted octanol–water partition coefficient (Wildman–Crippen LogP) is 5.64. The molecule has 5 aromatic rings. The van der Waals surface area contributed by atoms with E-state index >= 15 is 0 Å². The summed E-state index contributed by atoms with van der Waals surface area (Å²) in [5.41, 5.74) is 3.16. The molecule has 0 radical (unpaired) electrons. The molecule has 0 atom stereocenters. The molecule has 0 aliphatic rings. The summed E-state index contributed by atoms with van der Waals surface area (Å²) in [6, 6.07) is 26.8. The predicted molar refractivity (Wildman–Crippen MR) is 124 cm³/mol. The molecule has 6 heteroatoms. The topological polar surface area (TPSA) is 60.9 Å². The number of para-hydroxylation sites is 2. The van der Waals surface area contributed by atoms with E-state index in [1.54, 1.807) is 4.57 Å². The Hall–Kier alpha value is -3.64. The Morgan fingerprint density at radius 1 is 0.871 bits per heavy atom. The molecule has 5 nitrogen and oxygen atoms in total. The summed E-state index contributed by atoms with van der Waals surface area (Å²) in [5, 5.41) is 1.22. The molecule has 2 aromatic heterocycles. The summed E-state index contributed by atoms with van der Waals surface area (Å²) in [7, 11) is 0. The van der Waals surface area contributed by atoms with Crippen LogP contribution in [0, 0.1) is 6.92 Å². The molecule has 0 unspecified atom stereocenters. The van der Waals surface area contributed by atoms with Gasteiger partial charge in [-0.2, -0.15) is 0 Å². The number of nitrogens with zero attached hydrogens (tertiary/aromatic N) is 3. The molecule has 0 saturated heterocycles. The molecule has 0 N–H and O–H groups in total. The number of oxazole rings is 1. The van der Waals surface area contributed by atoms with E-state index in [9.17, 15) is 4.79 Å². The minimum atomic E-state index is -0.0823. The highest BCUT2D eigenvalue weighted by atomic mass is 32.2.